The molecule has 2 nitrogen and oxygen atoms in total. The van der Waals surface area contributed by atoms with Gasteiger partial charge in [0.25, 0.3) is 0 Å². The minimum Gasteiger partial charge on any atom is -0.385 e. The number of anilines is 1. The van der Waals surface area contributed by atoms with E-state index in [9.17, 15) is 0 Å². The monoisotopic (exact) mass is 262 g/mol. The lowest BCUT2D eigenvalue weighted by molar-refractivity contribution is 0.293. The second-order valence-electron chi connectivity index (χ2n) is 5.33. The minimum absolute atomic E-state index is 0.523. The Morgan fingerprint density at radius 1 is 1.44 bits per heavy atom. The summed E-state index contributed by atoms with van der Waals surface area (Å²) in [6.07, 6.45) is 5.34. The molecule has 96 valence electrons. The highest BCUT2D eigenvalue weighted by Gasteiger charge is 2.18. The van der Waals surface area contributed by atoms with Gasteiger partial charge in [0.1, 0.15) is 6.07 Å². The van der Waals surface area contributed by atoms with Gasteiger partial charge in [0.15, 0.2) is 0 Å². The Labute approximate surface area is 114 Å². The number of rotatable bonds is 3. The van der Waals surface area contributed by atoms with Gasteiger partial charge >= 0.3 is 0 Å². The van der Waals surface area contributed by atoms with E-state index in [1.807, 2.05) is 12.1 Å². The maximum absolute atomic E-state index is 8.93. The molecule has 0 aromatic heterocycles. The van der Waals surface area contributed by atoms with Gasteiger partial charge in [-0.2, -0.15) is 5.26 Å². The fourth-order valence-corrected chi connectivity index (χ4v) is 2.89. The largest absolute Gasteiger partial charge is 0.385 e. The predicted octanol–water partition coefficient (Wildman–Crippen LogP) is 4.45. The average Bonchev–Trinajstić information content (AvgIpc) is 2.38. The Morgan fingerprint density at radius 2 is 2.28 bits per heavy atom. The molecule has 1 saturated carbocycles. The van der Waals surface area contributed by atoms with Crippen LogP contribution in [-0.4, -0.2) is 6.54 Å². The number of nitriles is 1. The Hall–Kier alpha value is -1.20. The van der Waals surface area contributed by atoms with Crippen LogP contribution < -0.4 is 5.32 Å². The van der Waals surface area contributed by atoms with E-state index in [0.717, 1.165) is 24.1 Å². The maximum atomic E-state index is 8.93. The first kappa shape index (κ1) is 13.2. The fourth-order valence-electron chi connectivity index (χ4n) is 2.73. The summed E-state index contributed by atoms with van der Waals surface area (Å²) < 4.78 is 0. The van der Waals surface area contributed by atoms with E-state index >= 15 is 0 Å². The van der Waals surface area contributed by atoms with Crippen molar-refractivity contribution in [3.8, 4) is 6.07 Å². The highest BCUT2D eigenvalue weighted by atomic mass is 35.5. The van der Waals surface area contributed by atoms with Gasteiger partial charge in [0.2, 0.25) is 0 Å². The van der Waals surface area contributed by atoms with Crippen LogP contribution in [0, 0.1) is 23.2 Å². The first-order chi connectivity index (χ1) is 8.69. The van der Waals surface area contributed by atoms with Crippen LogP contribution in [0.25, 0.3) is 0 Å². The molecule has 0 spiro atoms. The zero-order chi connectivity index (χ0) is 13.0. The van der Waals surface area contributed by atoms with Crippen molar-refractivity contribution in [3.63, 3.8) is 0 Å². The Bertz CT molecular complexity index is 450. The summed E-state index contributed by atoms with van der Waals surface area (Å²) in [7, 11) is 0. The van der Waals surface area contributed by atoms with Crippen molar-refractivity contribution in [2.24, 2.45) is 11.8 Å². The van der Waals surface area contributed by atoms with E-state index in [0.29, 0.717) is 10.6 Å². The quantitative estimate of drug-likeness (QED) is 0.874. The molecule has 1 aromatic carbocycles. The molecular weight excluding hydrogens is 244 g/mol. The lowest BCUT2D eigenvalue weighted by atomic mass is 9.82. The molecular formula is C15H19ClN2. The van der Waals surface area contributed by atoms with E-state index in [-0.39, 0.29) is 0 Å². The smallest absolute Gasteiger partial charge is 0.101 e. The molecule has 1 aliphatic carbocycles. The molecule has 1 aromatic rings. The summed E-state index contributed by atoms with van der Waals surface area (Å²) in [5.74, 6) is 1.61. The van der Waals surface area contributed by atoms with E-state index in [1.165, 1.54) is 25.7 Å². The SMILES string of the molecule is CC1CCCC(CNc2ccc(Cl)c(C#N)c2)C1. The van der Waals surface area contributed by atoms with Gasteiger partial charge in [0.05, 0.1) is 10.6 Å². The number of nitrogens with zero attached hydrogens (tertiary/aromatic N) is 1. The summed E-state index contributed by atoms with van der Waals surface area (Å²) in [6, 6.07) is 7.66. The summed E-state index contributed by atoms with van der Waals surface area (Å²) in [5.41, 5.74) is 1.54. The molecule has 0 amide bonds. The number of halogens is 1. The molecule has 0 heterocycles. The zero-order valence-corrected chi connectivity index (χ0v) is 11.5. The molecule has 2 rings (SSSR count). The second-order valence-corrected chi connectivity index (χ2v) is 5.73. The normalized spacial score (nSPS) is 23.4. The second kappa shape index (κ2) is 6.11. The van der Waals surface area contributed by atoms with Crippen LogP contribution in [0.5, 0.6) is 0 Å². The number of hydrogen-bond donors (Lipinski definition) is 1. The van der Waals surface area contributed by atoms with E-state index < -0.39 is 0 Å². The van der Waals surface area contributed by atoms with Crippen molar-refractivity contribution in [2.75, 3.05) is 11.9 Å². The Kier molecular flexibility index (Phi) is 4.49. The molecule has 3 heteroatoms. The Balaban J connectivity index is 1.92. The molecule has 2 atom stereocenters. The van der Waals surface area contributed by atoms with Gasteiger partial charge in [-0.15, -0.1) is 0 Å². The van der Waals surface area contributed by atoms with Gasteiger partial charge in [-0.3, -0.25) is 0 Å². The van der Waals surface area contributed by atoms with Crippen molar-refractivity contribution < 1.29 is 0 Å². The van der Waals surface area contributed by atoms with Crippen molar-refractivity contribution in [2.45, 2.75) is 32.6 Å². The molecule has 1 aliphatic rings. The van der Waals surface area contributed by atoms with Gasteiger partial charge in [-0.05, 0) is 42.9 Å². The van der Waals surface area contributed by atoms with E-state index in [2.05, 4.69) is 18.3 Å². The first-order valence-electron chi connectivity index (χ1n) is 6.62. The van der Waals surface area contributed by atoms with Crippen LogP contribution in [0.15, 0.2) is 18.2 Å². The highest BCUT2D eigenvalue weighted by Crippen LogP contribution is 2.29. The van der Waals surface area contributed by atoms with Crippen molar-refractivity contribution in [3.05, 3.63) is 28.8 Å². The van der Waals surface area contributed by atoms with Crippen LogP contribution in [0.2, 0.25) is 5.02 Å². The minimum atomic E-state index is 0.523. The summed E-state index contributed by atoms with van der Waals surface area (Å²) in [4.78, 5) is 0. The standard InChI is InChI=1S/C15H19ClN2/c1-11-3-2-4-12(7-11)10-18-14-5-6-15(16)13(8-14)9-17/h5-6,8,11-12,18H,2-4,7,10H2,1H3. The molecule has 1 fully saturated rings. The van der Waals surface area contributed by atoms with Gasteiger partial charge < -0.3 is 5.32 Å². The zero-order valence-electron chi connectivity index (χ0n) is 10.7. The van der Waals surface area contributed by atoms with Crippen molar-refractivity contribution in [1.29, 1.82) is 5.26 Å². The van der Waals surface area contributed by atoms with Crippen molar-refractivity contribution in [1.82, 2.24) is 0 Å². The highest BCUT2D eigenvalue weighted by molar-refractivity contribution is 6.31. The van der Waals surface area contributed by atoms with Crippen molar-refractivity contribution >= 4 is 17.3 Å². The van der Waals surface area contributed by atoms with Crippen LogP contribution in [0.3, 0.4) is 0 Å². The van der Waals surface area contributed by atoms with Crippen LogP contribution in [-0.2, 0) is 0 Å². The molecule has 0 aliphatic heterocycles. The molecule has 0 bridgehead atoms. The average molecular weight is 263 g/mol. The molecule has 18 heavy (non-hydrogen) atoms. The number of hydrogen-bond acceptors (Lipinski definition) is 2. The van der Waals surface area contributed by atoms with Crippen LogP contribution in [0.4, 0.5) is 5.69 Å². The fraction of sp³-hybridized carbons (Fsp3) is 0.533. The van der Waals surface area contributed by atoms with Gasteiger partial charge in [-0.1, -0.05) is 31.4 Å². The van der Waals surface area contributed by atoms with Gasteiger partial charge in [-0.25, -0.2) is 0 Å². The summed E-state index contributed by atoms with van der Waals surface area (Å²) in [6.45, 7) is 3.33. The lowest BCUT2D eigenvalue weighted by Crippen LogP contribution is -2.21. The number of nitrogens with one attached hydrogen (secondary N) is 1. The summed E-state index contributed by atoms with van der Waals surface area (Å²) >= 11 is 5.91. The third kappa shape index (κ3) is 3.40. The Morgan fingerprint density at radius 3 is 3.00 bits per heavy atom. The third-order valence-electron chi connectivity index (χ3n) is 3.73. The maximum Gasteiger partial charge on any atom is 0.101 e. The van der Waals surface area contributed by atoms with E-state index in [1.54, 1.807) is 6.07 Å². The number of benzene rings is 1. The van der Waals surface area contributed by atoms with Crippen LogP contribution in [0.1, 0.15) is 38.2 Å². The van der Waals surface area contributed by atoms with Gasteiger partial charge in [0, 0.05) is 12.2 Å². The predicted molar refractivity (Wildman–Crippen MR) is 75.8 cm³/mol. The van der Waals surface area contributed by atoms with Crippen LogP contribution >= 0.6 is 11.6 Å². The summed E-state index contributed by atoms with van der Waals surface area (Å²) in [5, 5.41) is 12.9. The molecule has 0 radical (unpaired) electrons. The lowest BCUT2D eigenvalue weighted by Gasteiger charge is -2.27. The first-order valence-corrected chi connectivity index (χ1v) is 7.00. The van der Waals surface area contributed by atoms with E-state index in [4.69, 9.17) is 16.9 Å². The third-order valence-corrected chi connectivity index (χ3v) is 4.06. The molecule has 2 unspecified atom stereocenters. The topological polar surface area (TPSA) is 35.8 Å². The molecule has 0 saturated heterocycles. The molecule has 1 N–H and O–H groups in total.